The Kier molecular flexibility index (Phi) is 5.36. The van der Waals surface area contributed by atoms with E-state index in [-0.39, 0.29) is 11.8 Å². The highest BCUT2D eigenvalue weighted by atomic mass is 35.5. The monoisotopic (exact) mass is 282 g/mol. The number of carbonyl (C=O) groups is 2. The molecule has 4 nitrogen and oxygen atoms in total. The average Bonchev–Trinajstić information content (AvgIpc) is 2.38. The molecule has 0 aromatic heterocycles. The maximum atomic E-state index is 12.2. The van der Waals surface area contributed by atoms with Crippen LogP contribution in [-0.4, -0.2) is 18.4 Å². The first-order chi connectivity index (χ1) is 8.89. The number of benzene rings is 1. The number of anilines is 1. The van der Waals surface area contributed by atoms with Crippen molar-refractivity contribution >= 4 is 29.1 Å². The van der Waals surface area contributed by atoms with Gasteiger partial charge >= 0.3 is 0 Å². The highest BCUT2D eigenvalue weighted by Crippen LogP contribution is 2.24. The van der Waals surface area contributed by atoms with Gasteiger partial charge in [0, 0.05) is 6.54 Å². The standard InChI is InChI=1S/C14H19ClN2O2/c1-4-9-16-12(18)14(2,3)13(19)17-11-8-6-5-7-10(11)15/h5-8H,4,9H2,1-3H3,(H,16,18)(H,17,19). The number of carbonyl (C=O) groups excluding carboxylic acids is 2. The van der Waals surface area contributed by atoms with Crippen LogP contribution < -0.4 is 10.6 Å². The zero-order valence-corrected chi connectivity index (χ0v) is 12.2. The topological polar surface area (TPSA) is 58.2 Å². The van der Waals surface area contributed by atoms with Gasteiger partial charge in [-0.1, -0.05) is 30.7 Å². The van der Waals surface area contributed by atoms with Crippen LogP contribution in [0.2, 0.25) is 5.02 Å². The molecule has 1 aromatic carbocycles. The molecule has 2 amide bonds. The van der Waals surface area contributed by atoms with E-state index in [0.29, 0.717) is 17.3 Å². The number of halogens is 1. The smallest absolute Gasteiger partial charge is 0.239 e. The molecule has 0 bridgehead atoms. The Hall–Kier alpha value is -1.55. The predicted molar refractivity (Wildman–Crippen MR) is 77.2 cm³/mol. The van der Waals surface area contributed by atoms with Crippen molar-refractivity contribution in [3.8, 4) is 0 Å². The van der Waals surface area contributed by atoms with Gasteiger partial charge in [-0.3, -0.25) is 9.59 Å². The van der Waals surface area contributed by atoms with E-state index >= 15 is 0 Å². The van der Waals surface area contributed by atoms with Gasteiger partial charge in [0.15, 0.2) is 0 Å². The summed E-state index contributed by atoms with van der Waals surface area (Å²) in [4.78, 5) is 24.1. The Labute approximate surface area is 118 Å². The van der Waals surface area contributed by atoms with Crippen LogP contribution in [0.1, 0.15) is 27.2 Å². The van der Waals surface area contributed by atoms with Gasteiger partial charge in [0.05, 0.1) is 10.7 Å². The molecule has 0 fully saturated rings. The Bertz CT molecular complexity index is 472. The third kappa shape index (κ3) is 3.96. The van der Waals surface area contributed by atoms with Crippen molar-refractivity contribution in [3.63, 3.8) is 0 Å². The second kappa shape index (κ2) is 6.57. The van der Waals surface area contributed by atoms with Crippen molar-refractivity contribution in [1.29, 1.82) is 0 Å². The van der Waals surface area contributed by atoms with E-state index in [4.69, 9.17) is 11.6 Å². The number of amides is 2. The second-order valence-electron chi connectivity index (χ2n) is 4.81. The van der Waals surface area contributed by atoms with Crippen LogP contribution in [0.4, 0.5) is 5.69 Å². The maximum absolute atomic E-state index is 12.2. The molecular weight excluding hydrogens is 264 g/mol. The fourth-order valence-corrected chi connectivity index (χ4v) is 1.59. The normalized spacial score (nSPS) is 10.9. The first kappa shape index (κ1) is 15.5. The van der Waals surface area contributed by atoms with Crippen LogP contribution in [-0.2, 0) is 9.59 Å². The summed E-state index contributed by atoms with van der Waals surface area (Å²) >= 11 is 5.97. The lowest BCUT2D eigenvalue weighted by Crippen LogP contribution is -2.45. The number of rotatable bonds is 5. The summed E-state index contributed by atoms with van der Waals surface area (Å²) in [6.45, 7) is 5.69. The molecule has 19 heavy (non-hydrogen) atoms. The minimum absolute atomic E-state index is 0.293. The summed E-state index contributed by atoms with van der Waals surface area (Å²) < 4.78 is 0. The van der Waals surface area contributed by atoms with Gasteiger partial charge in [-0.05, 0) is 32.4 Å². The molecule has 1 aromatic rings. The molecule has 0 aliphatic rings. The van der Waals surface area contributed by atoms with Crippen LogP contribution in [0.25, 0.3) is 0 Å². The number of hydrogen-bond donors (Lipinski definition) is 2. The van der Waals surface area contributed by atoms with E-state index in [1.165, 1.54) is 0 Å². The summed E-state index contributed by atoms with van der Waals surface area (Å²) in [5, 5.41) is 5.84. The second-order valence-corrected chi connectivity index (χ2v) is 5.22. The Balaban J connectivity index is 2.76. The molecule has 0 spiro atoms. The molecule has 0 atom stereocenters. The molecule has 0 heterocycles. The molecule has 104 valence electrons. The van der Waals surface area contributed by atoms with Gasteiger partial charge in [-0.2, -0.15) is 0 Å². The summed E-state index contributed by atoms with van der Waals surface area (Å²) in [6.07, 6.45) is 0.827. The lowest BCUT2D eigenvalue weighted by molar-refractivity contribution is -0.138. The van der Waals surface area contributed by atoms with Crippen LogP contribution >= 0.6 is 11.6 Å². The lowest BCUT2D eigenvalue weighted by Gasteiger charge is -2.22. The van der Waals surface area contributed by atoms with E-state index in [9.17, 15) is 9.59 Å². The minimum Gasteiger partial charge on any atom is -0.355 e. The molecular formula is C14H19ClN2O2. The van der Waals surface area contributed by atoms with Crippen LogP contribution in [0.3, 0.4) is 0 Å². The fourth-order valence-electron chi connectivity index (χ4n) is 1.40. The summed E-state index contributed by atoms with van der Waals surface area (Å²) in [7, 11) is 0. The predicted octanol–water partition coefficient (Wildman–Crippen LogP) is 2.83. The van der Waals surface area contributed by atoms with Crippen molar-refractivity contribution in [2.45, 2.75) is 27.2 Å². The van der Waals surface area contributed by atoms with E-state index in [2.05, 4.69) is 10.6 Å². The molecule has 2 N–H and O–H groups in total. The zero-order valence-electron chi connectivity index (χ0n) is 11.4. The summed E-state index contributed by atoms with van der Waals surface area (Å²) in [6, 6.07) is 6.92. The number of hydrogen-bond acceptors (Lipinski definition) is 2. The summed E-state index contributed by atoms with van der Waals surface area (Å²) in [5.41, 5.74) is -0.639. The Morgan fingerprint density at radius 1 is 1.21 bits per heavy atom. The van der Waals surface area contributed by atoms with Crippen molar-refractivity contribution in [2.75, 3.05) is 11.9 Å². The fraction of sp³-hybridized carbons (Fsp3) is 0.429. The number of para-hydroxylation sites is 1. The molecule has 0 aliphatic heterocycles. The highest BCUT2D eigenvalue weighted by Gasteiger charge is 2.35. The SMILES string of the molecule is CCCNC(=O)C(C)(C)C(=O)Nc1ccccc1Cl. The Morgan fingerprint density at radius 3 is 2.42 bits per heavy atom. The van der Waals surface area contributed by atoms with Crippen molar-refractivity contribution in [2.24, 2.45) is 5.41 Å². The third-order valence-electron chi connectivity index (χ3n) is 2.79. The van der Waals surface area contributed by atoms with Gasteiger partial charge in [-0.15, -0.1) is 0 Å². The lowest BCUT2D eigenvalue weighted by atomic mass is 9.91. The number of nitrogens with one attached hydrogen (secondary N) is 2. The molecule has 0 radical (unpaired) electrons. The van der Waals surface area contributed by atoms with Crippen LogP contribution in [0.15, 0.2) is 24.3 Å². The molecule has 0 saturated heterocycles. The highest BCUT2D eigenvalue weighted by molar-refractivity contribution is 6.33. The first-order valence-corrected chi connectivity index (χ1v) is 6.61. The molecule has 5 heteroatoms. The average molecular weight is 283 g/mol. The van der Waals surface area contributed by atoms with Crippen LogP contribution in [0.5, 0.6) is 0 Å². The van der Waals surface area contributed by atoms with Crippen molar-refractivity contribution < 1.29 is 9.59 Å². The van der Waals surface area contributed by atoms with E-state index in [0.717, 1.165) is 6.42 Å². The largest absolute Gasteiger partial charge is 0.355 e. The van der Waals surface area contributed by atoms with Gasteiger partial charge in [-0.25, -0.2) is 0 Å². The molecule has 1 rings (SSSR count). The van der Waals surface area contributed by atoms with E-state index < -0.39 is 5.41 Å². The maximum Gasteiger partial charge on any atom is 0.239 e. The third-order valence-corrected chi connectivity index (χ3v) is 3.12. The van der Waals surface area contributed by atoms with Gasteiger partial charge in [0.25, 0.3) is 0 Å². The first-order valence-electron chi connectivity index (χ1n) is 6.24. The minimum atomic E-state index is -1.14. The van der Waals surface area contributed by atoms with Gasteiger partial charge in [0.1, 0.15) is 5.41 Å². The molecule has 0 aliphatic carbocycles. The van der Waals surface area contributed by atoms with E-state index in [1.807, 2.05) is 6.92 Å². The Morgan fingerprint density at radius 2 is 1.84 bits per heavy atom. The van der Waals surface area contributed by atoms with Crippen molar-refractivity contribution in [3.05, 3.63) is 29.3 Å². The van der Waals surface area contributed by atoms with Crippen molar-refractivity contribution in [1.82, 2.24) is 5.32 Å². The van der Waals surface area contributed by atoms with Crippen LogP contribution in [0, 0.1) is 5.41 Å². The molecule has 0 saturated carbocycles. The van der Waals surface area contributed by atoms with E-state index in [1.54, 1.807) is 38.1 Å². The van der Waals surface area contributed by atoms with Gasteiger partial charge in [0.2, 0.25) is 11.8 Å². The molecule has 0 unspecified atom stereocenters. The zero-order chi connectivity index (χ0) is 14.5. The quantitative estimate of drug-likeness (QED) is 0.816. The summed E-state index contributed by atoms with van der Waals surface area (Å²) in [5.74, 6) is -0.673. The van der Waals surface area contributed by atoms with Gasteiger partial charge < -0.3 is 10.6 Å².